The zero-order valence-electron chi connectivity index (χ0n) is 7.32. The summed E-state index contributed by atoms with van der Waals surface area (Å²) in [5.74, 6) is 0. The second-order valence-electron chi connectivity index (χ2n) is 2.97. The van der Waals surface area contributed by atoms with Gasteiger partial charge >= 0.3 is 6.18 Å². The number of rotatable bonds is 1. The maximum absolute atomic E-state index is 12.3. The van der Waals surface area contributed by atoms with E-state index in [-0.39, 0.29) is 5.52 Å². The lowest BCUT2D eigenvalue weighted by Gasteiger charge is -1.98. The fraction of sp³-hybridized carbons (Fsp3) is 0.111. The summed E-state index contributed by atoms with van der Waals surface area (Å²) in [5, 5.41) is 3.34. The van der Waals surface area contributed by atoms with Crippen LogP contribution in [0.4, 0.5) is 13.2 Å². The Balaban J connectivity index is 2.61. The van der Waals surface area contributed by atoms with Crippen LogP contribution >= 0.6 is 0 Å². The van der Waals surface area contributed by atoms with Gasteiger partial charge in [-0.3, -0.25) is 4.79 Å². The number of alkyl halides is 3. The van der Waals surface area contributed by atoms with Crippen molar-refractivity contribution >= 4 is 11.8 Å². The standard InChI is InChI=1S/C9H5F3N2O/c10-9(11,12)8-4-7-3-6(5-15)1-2-14(7)13-8/h1-5H. The van der Waals surface area contributed by atoms with E-state index in [1.54, 1.807) is 0 Å². The average molecular weight is 214 g/mol. The lowest BCUT2D eigenvalue weighted by Crippen LogP contribution is -2.05. The van der Waals surface area contributed by atoms with Gasteiger partial charge in [-0.15, -0.1) is 0 Å². The van der Waals surface area contributed by atoms with Crippen LogP contribution < -0.4 is 0 Å². The van der Waals surface area contributed by atoms with Crippen molar-refractivity contribution in [3.05, 3.63) is 35.7 Å². The van der Waals surface area contributed by atoms with Gasteiger partial charge in [0.25, 0.3) is 0 Å². The molecule has 0 aliphatic heterocycles. The molecule has 0 aliphatic rings. The quantitative estimate of drug-likeness (QED) is 0.682. The molecular weight excluding hydrogens is 209 g/mol. The molecule has 2 aromatic heterocycles. The Hall–Kier alpha value is -1.85. The molecule has 0 aromatic carbocycles. The highest BCUT2D eigenvalue weighted by atomic mass is 19.4. The third kappa shape index (κ3) is 1.70. The molecular formula is C9H5F3N2O. The zero-order valence-corrected chi connectivity index (χ0v) is 7.32. The molecule has 6 heteroatoms. The second-order valence-corrected chi connectivity index (χ2v) is 2.97. The summed E-state index contributed by atoms with van der Waals surface area (Å²) >= 11 is 0. The number of carbonyl (C=O) groups is 1. The van der Waals surface area contributed by atoms with Crippen LogP contribution in [0.2, 0.25) is 0 Å². The van der Waals surface area contributed by atoms with Gasteiger partial charge in [0.1, 0.15) is 6.29 Å². The van der Waals surface area contributed by atoms with Crippen LogP contribution in [-0.2, 0) is 6.18 Å². The molecule has 0 aliphatic carbocycles. The first-order valence-electron chi connectivity index (χ1n) is 4.02. The number of aldehydes is 1. The fourth-order valence-electron chi connectivity index (χ4n) is 1.22. The molecule has 0 atom stereocenters. The maximum atomic E-state index is 12.3. The van der Waals surface area contributed by atoms with Gasteiger partial charge in [0.05, 0.1) is 5.52 Å². The summed E-state index contributed by atoms with van der Waals surface area (Å²) in [5.41, 5.74) is -0.409. The highest BCUT2D eigenvalue weighted by Crippen LogP contribution is 2.28. The number of nitrogens with zero attached hydrogens (tertiary/aromatic N) is 2. The first-order valence-corrected chi connectivity index (χ1v) is 4.02. The van der Waals surface area contributed by atoms with Gasteiger partial charge < -0.3 is 0 Å². The Morgan fingerprint density at radius 1 is 1.33 bits per heavy atom. The van der Waals surface area contributed by atoms with E-state index in [1.807, 2.05) is 0 Å². The molecule has 0 saturated heterocycles. The highest BCUT2D eigenvalue weighted by molar-refractivity contribution is 5.77. The van der Waals surface area contributed by atoms with Crippen molar-refractivity contribution in [3.63, 3.8) is 0 Å². The van der Waals surface area contributed by atoms with E-state index in [0.29, 0.717) is 11.8 Å². The van der Waals surface area contributed by atoms with E-state index in [1.165, 1.54) is 18.3 Å². The van der Waals surface area contributed by atoms with Crippen molar-refractivity contribution in [2.75, 3.05) is 0 Å². The molecule has 0 radical (unpaired) electrons. The Bertz CT molecular complexity index is 516. The minimum absolute atomic E-state index is 0.243. The third-order valence-corrected chi connectivity index (χ3v) is 1.91. The number of halogens is 3. The number of hydrogen-bond donors (Lipinski definition) is 0. The lowest BCUT2D eigenvalue weighted by molar-refractivity contribution is -0.141. The molecule has 0 amide bonds. The normalized spacial score (nSPS) is 11.9. The smallest absolute Gasteiger partial charge is 0.298 e. The molecule has 0 N–H and O–H groups in total. The first kappa shape index (κ1) is 9.70. The number of hydrogen-bond acceptors (Lipinski definition) is 2. The summed E-state index contributed by atoms with van der Waals surface area (Å²) in [6.07, 6.45) is -2.58. The Labute approximate surface area is 82.1 Å². The Morgan fingerprint density at radius 2 is 2.07 bits per heavy atom. The topological polar surface area (TPSA) is 34.4 Å². The zero-order chi connectivity index (χ0) is 11.1. The van der Waals surface area contributed by atoms with Gasteiger partial charge in [-0.25, -0.2) is 4.52 Å². The highest BCUT2D eigenvalue weighted by Gasteiger charge is 2.33. The van der Waals surface area contributed by atoms with Crippen molar-refractivity contribution in [1.82, 2.24) is 9.61 Å². The van der Waals surface area contributed by atoms with E-state index < -0.39 is 11.9 Å². The van der Waals surface area contributed by atoms with Crippen LogP contribution in [0.3, 0.4) is 0 Å². The summed E-state index contributed by atoms with van der Waals surface area (Å²) < 4.78 is 37.9. The van der Waals surface area contributed by atoms with Crippen molar-refractivity contribution in [1.29, 1.82) is 0 Å². The van der Waals surface area contributed by atoms with Crippen molar-refractivity contribution in [2.45, 2.75) is 6.18 Å². The Morgan fingerprint density at radius 3 is 2.67 bits per heavy atom. The number of fused-ring (bicyclic) bond motifs is 1. The maximum Gasteiger partial charge on any atom is 0.435 e. The summed E-state index contributed by atoms with van der Waals surface area (Å²) in [6.45, 7) is 0. The molecule has 2 heterocycles. The van der Waals surface area contributed by atoms with Crippen LogP contribution in [0.25, 0.3) is 5.52 Å². The summed E-state index contributed by atoms with van der Waals surface area (Å²) in [6, 6.07) is 3.63. The Kier molecular flexibility index (Phi) is 1.99. The van der Waals surface area contributed by atoms with Gasteiger partial charge in [0.2, 0.25) is 0 Å². The molecule has 78 valence electrons. The predicted octanol–water partition coefficient (Wildman–Crippen LogP) is 2.17. The summed E-state index contributed by atoms with van der Waals surface area (Å²) in [4.78, 5) is 10.4. The second kappa shape index (κ2) is 3.08. The van der Waals surface area contributed by atoms with Gasteiger partial charge in [0, 0.05) is 11.8 Å². The number of carbonyl (C=O) groups excluding carboxylic acids is 1. The van der Waals surface area contributed by atoms with E-state index >= 15 is 0 Å². The fourth-order valence-corrected chi connectivity index (χ4v) is 1.22. The van der Waals surface area contributed by atoms with E-state index in [4.69, 9.17) is 0 Å². The summed E-state index contributed by atoms with van der Waals surface area (Å²) in [7, 11) is 0. The van der Waals surface area contributed by atoms with Crippen molar-refractivity contribution in [3.8, 4) is 0 Å². The van der Waals surface area contributed by atoms with Crippen molar-refractivity contribution < 1.29 is 18.0 Å². The van der Waals surface area contributed by atoms with Gasteiger partial charge in [-0.05, 0) is 18.2 Å². The van der Waals surface area contributed by atoms with Gasteiger partial charge in [-0.1, -0.05) is 0 Å². The number of pyridine rings is 1. The minimum atomic E-state index is -4.46. The van der Waals surface area contributed by atoms with Crippen LogP contribution in [-0.4, -0.2) is 15.9 Å². The molecule has 0 spiro atoms. The molecule has 0 unspecified atom stereocenters. The molecule has 0 fully saturated rings. The monoisotopic (exact) mass is 214 g/mol. The van der Waals surface area contributed by atoms with Gasteiger partial charge in [0.15, 0.2) is 5.69 Å². The van der Waals surface area contributed by atoms with Crippen molar-refractivity contribution in [2.24, 2.45) is 0 Å². The molecule has 15 heavy (non-hydrogen) atoms. The van der Waals surface area contributed by atoms with Crippen LogP contribution in [0.5, 0.6) is 0 Å². The molecule has 3 nitrogen and oxygen atoms in total. The predicted molar refractivity (Wildman–Crippen MR) is 45.6 cm³/mol. The van der Waals surface area contributed by atoms with E-state index in [0.717, 1.165) is 10.6 Å². The van der Waals surface area contributed by atoms with Crippen LogP contribution in [0.1, 0.15) is 16.1 Å². The van der Waals surface area contributed by atoms with E-state index in [9.17, 15) is 18.0 Å². The average Bonchev–Trinajstić information content (AvgIpc) is 2.59. The molecule has 0 bridgehead atoms. The first-order chi connectivity index (χ1) is 7.00. The molecule has 2 aromatic rings. The molecule has 2 rings (SSSR count). The van der Waals surface area contributed by atoms with Gasteiger partial charge in [-0.2, -0.15) is 18.3 Å². The minimum Gasteiger partial charge on any atom is -0.298 e. The number of aromatic nitrogens is 2. The molecule has 0 saturated carbocycles. The lowest BCUT2D eigenvalue weighted by atomic mass is 10.2. The van der Waals surface area contributed by atoms with Crippen LogP contribution in [0.15, 0.2) is 24.4 Å². The SMILES string of the molecule is O=Cc1ccn2nc(C(F)(F)F)cc2c1. The van der Waals surface area contributed by atoms with Crippen LogP contribution in [0, 0.1) is 0 Å². The third-order valence-electron chi connectivity index (χ3n) is 1.91. The largest absolute Gasteiger partial charge is 0.435 e. The van der Waals surface area contributed by atoms with E-state index in [2.05, 4.69) is 5.10 Å².